The summed E-state index contributed by atoms with van der Waals surface area (Å²) in [7, 11) is 1.65. The van der Waals surface area contributed by atoms with E-state index >= 15 is 0 Å². The van der Waals surface area contributed by atoms with Gasteiger partial charge in [0, 0.05) is 68.4 Å². The van der Waals surface area contributed by atoms with Crippen LogP contribution in [-0.4, -0.2) is 93.5 Å². The summed E-state index contributed by atoms with van der Waals surface area (Å²) in [6, 6.07) is 6.42. The van der Waals surface area contributed by atoms with Crippen LogP contribution >= 0.6 is 0 Å². The van der Waals surface area contributed by atoms with Gasteiger partial charge in [0.1, 0.15) is 34.4 Å². The average molecular weight is 653 g/mol. The van der Waals surface area contributed by atoms with E-state index < -0.39 is 17.6 Å². The minimum Gasteiger partial charge on any atom is -0.493 e. The van der Waals surface area contributed by atoms with Crippen molar-refractivity contribution in [1.82, 2.24) is 29.2 Å². The van der Waals surface area contributed by atoms with E-state index in [4.69, 9.17) is 20.2 Å². The van der Waals surface area contributed by atoms with E-state index in [2.05, 4.69) is 20.2 Å². The lowest BCUT2D eigenvalue weighted by atomic mass is 9.90. The van der Waals surface area contributed by atoms with Crippen molar-refractivity contribution in [3.8, 4) is 17.0 Å². The zero-order valence-corrected chi connectivity index (χ0v) is 26.0. The number of hydrogen-bond donors (Lipinski definition) is 2. The molecule has 12 nitrogen and oxygen atoms in total. The van der Waals surface area contributed by atoms with Crippen molar-refractivity contribution < 1.29 is 32.2 Å². The number of carbonyl (C=O) groups excluding carboxylic acids is 2. The fraction of sp³-hybridized carbons (Fsp3) is 0.406. The number of aromatic nitrogens is 4. The summed E-state index contributed by atoms with van der Waals surface area (Å²) in [5.74, 6) is 0.430. The lowest BCUT2D eigenvalue weighted by Gasteiger charge is -2.45. The van der Waals surface area contributed by atoms with Gasteiger partial charge in [0.05, 0.1) is 25.3 Å². The van der Waals surface area contributed by atoms with Crippen LogP contribution in [0.3, 0.4) is 0 Å². The van der Waals surface area contributed by atoms with Crippen LogP contribution in [0, 0.1) is 0 Å². The van der Waals surface area contributed by atoms with Gasteiger partial charge in [-0.3, -0.25) is 18.9 Å². The first-order valence-corrected chi connectivity index (χ1v) is 15.3. The van der Waals surface area contributed by atoms with Crippen LogP contribution in [0.1, 0.15) is 47.4 Å². The number of alkyl halides is 3. The van der Waals surface area contributed by atoms with Crippen molar-refractivity contribution in [2.45, 2.75) is 37.9 Å². The summed E-state index contributed by atoms with van der Waals surface area (Å²) in [5, 5.41) is 2.43. The number of halogens is 3. The number of nitrogens with two attached hydrogens (primary N) is 1. The first-order chi connectivity index (χ1) is 22.6. The normalized spacial score (nSPS) is 18.7. The van der Waals surface area contributed by atoms with Crippen molar-refractivity contribution in [2.24, 2.45) is 0 Å². The third-order valence-corrected chi connectivity index (χ3v) is 8.57. The van der Waals surface area contributed by atoms with E-state index in [0.29, 0.717) is 48.8 Å². The van der Waals surface area contributed by atoms with Gasteiger partial charge in [0.2, 0.25) is 5.91 Å². The Kier molecular flexibility index (Phi) is 9.01. The van der Waals surface area contributed by atoms with Gasteiger partial charge in [-0.2, -0.15) is 13.2 Å². The minimum absolute atomic E-state index is 0.0654. The van der Waals surface area contributed by atoms with Gasteiger partial charge in [-0.25, -0.2) is 15.0 Å². The molecule has 2 aliphatic rings. The molecule has 3 aromatic heterocycles. The topological polar surface area (TPSA) is 140 Å². The molecule has 248 valence electrons. The van der Waals surface area contributed by atoms with Crippen molar-refractivity contribution in [1.29, 1.82) is 0 Å². The first-order valence-electron chi connectivity index (χ1n) is 15.3. The molecule has 15 heteroatoms. The van der Waals surface area contributed by atoms with Gasteiger partial charge in [0.25, 0.3) is 5.91 Å². The number of nitrogens with one attached hydrogen (secondary N) is 1. The highest BCUT2D eigenvalue weighted by atomic mass is 19.4. The zero-order valence-electron chi connectivity index (χ0n) is 26.0. The number of fused-ring (bicyclic) bond motifs is 2. The number of nitrogen functional groups attached to an aromatic ring is 1. The summed E-state index contributed by atoms with van der Waals surface area (Å²) in [4.78, 5) is 43.6. The van der Waals surface area contributed by atoms with E-state index in [-0.39, 0.29) is 41.7 Å². The van der Waals surface area contributed by atoms with E-state index in [1.165, 1.54) is 12.1 Å². The molecule has 2 aliphatic heterocycles. The van der Waals surface area contributed by atoms with Gasteiger partial charge < -0.3 is 25.4 Å². The highest BCUT2D eigenvalue weighted by Gasteiger charge is 2.39. The van der Waals surface area contributed by atoms with E-state index in [1.807, 2.05) is 9.30 Å². The average Bonchev–Trinajstić information content (AvgIpc) is 3.44. The predicted octanol–water partition coefficient (Wildman–Crippen LogP) is 4.08. The number of nitrogens with zero attached hydrogens (tertiary/aromatic N) is 6. The monoisotopic (exact) mass is 652 g/mol. The maximum atomic E-state index is 13.2. The number of carbonyl (C=O) groups is 2. The number of benzene rings is 1. The largest absolute Gasteiger partial charge is 0.493 e. The Balaban J connectivity index is 1.30. The van der Waals surface area contributed by atoms with Crippen molar-refractivity contribution in [3.05, 3.63) is 65.9 Å². The molecule has 47 heavy (non-hydrogen) atoms. The van der Waals surface area contributed by atoms with Gasteiger partial charge in [0.15, 0.2) is 0 Å². The summed E-state index contributed by atoms with van der Waals surface area (Å²) in [5.41, 5.74) is 7.24. The number of imidazole rings is 1. The molecule has 5 heterocycles. The molecule has 1 aromatic carbocycles. The quantitative estimate of drug-likeness (QED) is 0.274. The molecule has 6 rings (SSSR count). The van der Waals surface area contributed by atoms with Crippen LogP contribution in [0.4, 0.5) is 24.8 Å². The Morgan fingerprint density at radius 1 is 1.13 bits per heavy atom. The number of piperazine rings is 1. The molecular formula is C32H35F3N8O4. The van der Waals surface area contributed by atoms with Crippen LogP contribution < -0.4 is 15.8 Å². The second-order valence-electron chi connectivity index (χ2n) is 11.6. The van der Waals surface area contributed by atoms with Gasteiger partial charge in [-0.15, -0.1) is 0 Å². The van der Waals surface area contributed by atoms with Crippen LogP contribution in [0.25, 0.3) is 16.8 Å². The molecule has 3 N–H and O–H groups in total. The van der Waals surface area contributed by atoms with Crippen LogP contribution in [0.15, 0.2) is 48.9 Å². The third-order valence-electron chi connectivity index (χ3n) is 8.57. The van der Waals surface area contributed by atoms with E-state index in [9.17, 15) is 22.8 Å². The molecule has 0 aliphatic carbocycles. The number of methoxy groups -OCH3 is 1. The number of hydrogen-bond acceptors (Lipinski definition) is 9. The van der Waals surface area contributed by atoms with Crippen LogP contribution in [-0.2, 0) is 15.7 Å². The Labute approximate surface area is 268 Å². The lowest BCUT2D eigenvalue weighted by molar-refractivity contribution is -0.142. The number of piperidine rings is 1. The van der Waals surface area contributed by atoms with Gasteiger partial charge >= 0.3 is 6.18 Å². The van der Waals surface area contributed by atoms with Crippen molar-refractivity contribution in [2.75, 3.05) is 57.6 Å². The standard InChI is InChI=1S/C32H35F3N8O4/c1-3-47-24-14-19(31(45)39-25-15-21(8-9-37-25)32(33,34)35)5-7-23(24)27-28-29(36)38-10-11-42(28)30(40-27)20-4-6-22-17-41(12-13-46-2)18-26(44)43(22)16-20/h5,7-11,14-15,20,22H,3-4,6,12-13,16-18H2,1-2H3,(H2,36,38)(H,37,39,45)/t20-,22+/m1/s1. The molecule has 0 radical (unpaired) electrons. The Bertz CT molecular complexity index is 1800. The highest BCUT2D eigenvalue weighted by molar-refractivity contribution is 6.04. The Morgan fingerprint density at radius 2 is 1.96 bits per heavy atom. The van der Waals surface area contributed by atoms with Gasteiger partial charge in [-0.05, 0) is 50.1 Å². The van der Waals surface area contributed by atoms with Crippen LogP contribution in [0.2, 0.25) is 0 Å². The molecule has 4 aromatic rings. The summed E-state index contributed by atoms with van der Waals surface area (Å²) >= 11 is 0. The summed E-state index contributed by atoms with van der Waals surface area (Å²) in [6.07, 6.45) is 1.43. The summed E-state index contributed by atoms with van der Waals surface area (Å²) < 4.78 is 52.6. The Morgan fingerprint density at radius 3 is 2.72 bits per heavy atom. The molecule has 2 saturated heterocycles. The fourth-order valence-corrected chi connectivity index (χ4v) is 6.33. The maximum Gasteiger partial charge on any atom is 0.416 e. The number of ether oxygens (including phenoxy) is 2. The lowest BCUT2D eigenvalue weighted by Crippen LogP contribution is -2.59. The molecule has 2 fully saturated rings. The first kappa shape index (κ1) is 32.2. The molecule has 0 saturated carbocycles. The second-order valence-corrected chi connectivity index (χ2v) is 11.6. The Hall–Kier alpha value is -4.76. The zero-order chi connectivity index (χ0) is 33.3. The maximum absolute atomic E-state index is 13.2. The third kappa shape index (κ3) is 6.58. The SMILES string of the molecule is CCOc1cc(C(=O)Nc2cc(C(F)(F)F)ccn2)ccc1-c1nc([C@@H]2CC[C@H]3CN(CCOC)CC(=O)N3C2)n2ccnc(N)c12. The molecule has 0 unspecified atom stereocenters. The smallest absolute Gasteiger partial charge is 0.416 e. The molecule has 0 bridgehead atoms. The van der Waals surface area contributed by atoms with Crippen LogP contribution in [0.5, 0.6) is 5.75 Å². The number of anilines is 2. The second kappa shape index (κ2) is 13.2. The molecular weight excluding hydrogens is 617 g/mol. The van der Waals surface area contributed by atoms with E-state index in [1.54, 1.807) is 32.5 Å². The van der Waals surface area contributed by atoms with Gasteiger partial charge in [-0.1, -0.05) is 0 Å². The van der Waals surface area contributed by atoms with Crippen molar-refractivity contribution >= 4 is 29.0 Å². The number of rotatable bonds is 9. The molecule has 2 amide bonds. The summed E-state index contributed by atoms with van der Waals surface area (Å²) in [6.45, 7) is 5.00. The van der Waals surface area contributed by atoms with E-state index in [0.717, 1.165) is 43.5 Å². The predicted molar refractivity (Wildman–Crippen MR) is 167 cm³/mol. The number of pyridine rings is 1. The number of amides is 2. The molecule has 2 atom stereocenters. The highest BCUT2D eigenvalue weighted by Crippen LogP contribution is 2.39. The fourth-order valence-electron chi connectivity index (χ4n) is 6.33. The molecule has 0 spiro atoms. The minimum atomic E-state index is -4.58. The van der Waals surface area contributed by atoms with Crippen molar-refractivity contribution in [3.63, 3.8) is 0 Å².